The summed E-state index contributed by atoms with van der Waals surface area (Å²) in [4.78, 5) is 37.4. The highest BCUT2D eigenvalue weighted by Crippen LogP contribution is 2.38. The molecule has 3 N–H and O–H groups in total. The molecule has 0 fully saturated rings. The number of primary amides is 1. The first-order chi connectivity index (χ1) is 16.5. The molecule has 3 heterocycles. The van der Waals surface area contributed by atoms with Gasteiger partial charge in [-0.15, -0.1) is 0 Å². The maximum absolute atomic E-state index is 13.3. The Hall–Kier alpha value is -4.78. The smallest absolute Gasteiger partial charge is 0.265 e. The largest absolute Gasteiger partial charge is 0.366 e. The van der Waals surface area contributed by atoms with Crippen molar-refractivity contribution in [3.8, 4) is 16.8 Å². The molecule has 7 nitrogen and oxygen atoms in total. The van der Waals surface area contributed by atoms with Gasteiger partial charge in [-0.2, -0.15) is 0 Å². The standard InChI is InChI=1S/C27H19N5O2/c1-15-16(6-4-8-23(15)32-14-30-21-7-3-2-5-19(21)27(32)34)17-9-10-20(26(28)33)25-24(17)18-11-12-29-13-22(18)31-25/h2-14,31H,1H3,(H2,28,33). The number of aromatic amines is 1. The molecule has 3 aromatic heterocycles. The van der Waals surface area contributed by atoms with Crippen molar-refractivity contribution in [1.82, 2.24) is 19.5 Å². The van der Waals surface area contributed by atoms with Crippen LogP contribution in [0.1, 0.15) is 15.9 Å². The normalized spacial score (nSPS) is 11.4. The predicted octanol–water partition coefficient (Wildman–Crippen LogP) is 4.49. The summed E-state index contributed by atoms with van der Waals surface area (Å²) >= 11 is 0. The minimum Gasteiger partial charge on any atom is -0.366 e. The van der Waals surface area contributed by atoms with E-state index in [1.54, 1.807) is 35.4 Å². The van der Waals surface area contributed by atoms with Crippen LogP contribution in [0.15, 0.2) is 84.2 Å². The molecule has 164 valence electrons. The number of nitrogens with two attached hydrogens (primary N) is 1. The molecule has 0 spiro atoms. The zero-order chi connectivity index (χ0) is 23.4. The van der Waals surface area contributed by atoms with Gasteiger partial charge in [0.05, 0.1) is 39.4 Å². The van der Waals surface area contributed by atoms with Crippen LogP contribution >= 0.6 is 0 Å². The summed E-state index contributed by atoms with van der Waals surface area (Å²) in [5, 5.41) is 2.39. The monoisotopic (exact) mass is 445 g/mol. The van der Waals surface area contributed by atoms with Gasteiger partial charge in [0.1, 0.15) is 6.33 Å². The molecule has 0 aliphatic rings. The van der Waals surface area contributed by atoms with Crippen molar-refractivity contribution in [3.05, 3.63) is 101 Å². The van der Waals surface area contributed by atoms with E-state index in [1.807, 2.05) is 55.5 Å². The highest BCUT2D eigenvalue weighted by atomic mass is 16.1. The van der Waals surface area contributed by atoms with Crippen molar-refractivity contribution >= 4 is 38.6 Å². The molecule has 3 aromatic carbocycles. The van der Waals surface area contributed by atoms with E-state index in [9.17, 15) is 9.59 Å². The van der Waals surface area contributed by atoms with Crippen molar-refractivity contribution in [1.29, 1.82) is 0 Å². The van der Waals surface area contributed by atoms with E-state index < -0.39 is 5.91 Å². The van der Waals surface area contributed by atoms with Crippen molar-refractivity contribution in [2.24, 2.45) is 5.73 Å². The number of hydrogen-bond donors (Lipinski definition) is 2. The summed E-state index contributed by atoms with van der Waals surface area (Å²) < 4.78 is 1.58. The van der Waals surface area contributed by atoms with Crippen LogP contribution < -0.4 is 11.3 Å². The number of H-pyrrole nitrogens is 1. The fourth-order valence-corrected chi connectivity index (χ4v) is 4.71. The number of carbonyl (C=O) groups excluding carboxylic acids is 1. The van der Waals surface area contributed by atoms with Crippen LogP contribution in [0.4, 0.5) is 0 Å². The summed E-state index contributed by atoms with van der Waals surface area (Å²) in [5.41, 5.74) is 11.6. The molecule has 7 heteroatoms. The van der Waals surface area contributed by atoms with Gasteiger partial charge in [0.15, 0.2) is 0 Å². The summed E-state index contributed by atoms with van der Waals surface area (Å²) in [7, 11) is 0. The van der Waals surface area contributed by atoms with Crippen LogP contribution in [0.3, 0.4) is 0 Å². The first kappa shape index (κ1) is 19.9. The minimum absolute atomic E-state index is 0.127. The Kier molecular flexibility index (Phi) is 4.31. The molecule has 1 amide bonds. The van der Waals surface area contributed by atoms with Gasteiger partial charge in [-0.05, 0) is 53.9 Å². The fraction of sp³-hybridized carbons (Fsp3) is 0.0370. The van der Waals surface area contributed by atoms with Crippen LogP contribution in [-0.2, 0) is 0 Å². The lowest BCUT2D eigenvalue weighted by Gasteiger charge is -2.15. The number of amides is 1. The molecule has 0 atom stereocenters. The summed E-state index contributed by atoms with van der Waals surface area (Å²) in [6.45, 7) is 1.98. The number of nitrogens with zero attached hydrogens (tertiary/aromatic N) is 3. The van der Waals surface area contributed by atoms with Gasteiger partial charge in [0.25, 0.3) is 11.5 Å². The molecule has 0 radical (unpaired) electrons. The molecule has 0 saturated heterocycles. The van der Waals surface area contributed by atoms with Gasteiger partial charge in [-0.1, -0.05) is 30.3 Å². The maximum atomic E-state index is 13.3. The number of fused-ring (bicyclic) bond motifs is 4. The van der Waals surface area contributed by atoms with Crippen molar-refractivity contribution in [2.75, 3.05) is 0 Å². The second-order valence-electron chi connectivity index (χ2n) is 8.21. The topological polar surface area (TPSA) is 107 Å². The van der Waals surface area contributed by atoms with Crippen molar-refractivity contribution < 1.29 is 4.79 Å². The number of pyridine rings is 1. The number of hydrogen-bond acceptors (Lipinski definition) is 4. The molecular formula is C27H19N5O2. The highest BCUT2D eigenvalue weighted by molar-refractivity contribution is 6.19. The average molecular weight is 445 g/mol. The number of para-hydroxylation sites is 1. The molecule has 6 aromatic rings. The van der Waals surface area contributed by atoms with Crippen molar-refractivity contribution in [3.63, 3.8) is 0 Å². The average Bonchev–Trinajstić information content (AvgIpc) is 3.24. The van der Waals surface area contributed by atoms with Crippen LogP contribution in [0.5, 0.6) is 0 Å². The SMILES string of the molecule is Cc1c(-c2ccc(C(N)=O)c3[nH]c4cnccc4c23)cccc1-n1cnc2ccccc2c1=O. The zero-order valence-corrected chi connectivity index (χ0v) is 18.2. The molecule has 0 saturated carbocycles. The Morgan fingerprint density at radius 2 is 1.82 bits per heavy atom. The third kappa shape index (κ3) is 2.84. The summed E-state index contributed by atoms with van der Waals surface area (Å²) in [5.74, 6) is -0.504. The van der Waals surface area contributed by atoms with Crippen LogP contribution in [0.2, 0.25) is 0 Å². The summed E-state index contributed by atoms with van der Waals surface area (Å²) in [6, 6.07) is 18.7. The Morgan fingerprint density at radius 1 is 0.971 bits per heavy atom. The Morgan fingerprint density at radius 3 is 2.68 bits per heavy atom. The molecule has 34 heavy (non-hydrogen) atoms. The zero-order valence-electron chi connectivity index (χ0n) is 18.2. The fourth-order valence-electron chi connectivity index (χ4n) is 4.71. The van der Waals surface area contributed by atoms with E-state index in [0.29, 0.717) is 22.0 Å². The minimum atomic E-state index is -0.504. The molecular weight excluding hydrogens is 426 g/mol. The Bertz CT molecular complexity index is 1830. The molecule has 0 aliphatic heterocycles. The number of benzene rings is 3. The van der Waals surface area contributed by atoms with E-state index in [0.717, 1.165) is 38.7 Å². The lowest BCUT2D eigenvalue weighted by molar-refractivity contribution is 0.100. The lowest BCUT2D eigenvalue weighted by atomic mass is 9.93. The lowest BCUT2D eigenvalue weighted by Crippen LogP contribution is -2.19. The second-order valence-corrected chi connectivity index (χ2v) is 8.21. The predicted molar refractivity (Wildman–Crippen MR) is 133 cm³/mol. The molecule has 6 rings (SSSR count). The van der Waals surface area contributed by atoms with Gasteiger partial charge in [0.2, 0.25) is 0 Å². The van der Waals surface area contributed by atoms with E-state index in [2.05, 4.69) is 15.0 Å². The highest BCUT2D eigenvalue weighted by Gasteiger charge is 2.19. The van der Waals surface area contributed by atoms with Gasteiger partial charge in [-0.3, -0.25) is 19.1 Å². The van der Waals surface area contributed by atoms with Crippen LogP contribution in [0.25, 0.3) is 49.5 Å². The van der Waals surface area contributed by atoms with Gasteiger partial charge < -0.3 is 10.7 Å². The number of carbonyl (C=O) groups is 1. The third-order valence-corrected chi connectivity index (χ3v) is 6.34. The number of aromatic nitrogens is 4. The molecule has 0 aliphatic carbocycles. The van der Waals surface area contributed by atoms with Crippen LogP contribution in [0, 0.1) is 6.92 Å². The van der Waals surface area contributed by atoms with E-state index in [-0.39, 0.29) is 5.56 Å². The molecule has 0 unspecified atom stereocenters. The first-order valence-corrected chi connectivity index (χ1v) is 10.8. The Labute approximate surface area is 193 Å². The molecule has 0 bridgehead atoms. The number of nitrogens with one attached hydrogen (secondary N) is 1. The Balaban J connectivity index is 1.65. The van der Waals surface area contributed by atoms with Crippen LogP contribution in [-0.4, -0.2) is 25.4 Å². The second kappa shape index (κ2) is 7.38. The van der Waals surface area contributed by atoms with E-state index in [1.165, 1.54) is 0 Å². The van der Waals surface area contributed by atoms with Gasteiger partial charge >= 0.3 is 0 Å². The number of rotatable bonds is 3. The maximum Gasteiger partial charge on any atom is 0.265 e. The van der Waals surface area contributed by atoms with Gasteiger partial charge in [0, 0.05) is 17.0 Å². The van der Waals surface area contributed by atoms with E-state index >= 15 is 0 Å². The van der Waals surface area contributed by atoms with Crippen molar-refractivity contribution in [2.45, 2.75) is 6.92 Å². The quantitative estimate of drug-likeness (QED) is 0.418. The summed E-state index contributed by atoms with van der Waals surface area (Å²) in [6.07, 6.45) is 5.02. The van der Waals surface area contributed by atoms with Gasteiger partial charge in [-0.25, -0.2) is 4.98 Å². The van der Waals surface area contributed by atoms with E-state index in [4.69, 9.17) is 5.73 Å². The third-order valence-electron chi connectivity index (χ3n) is 6.34. The first-order valence-electron chi connectivity index (χ1n) is 10.8.